The minimum Gasteiger partial charge on any atom is -0.478 e. The summed E-state index contributed by atoms with van der Waals surface area (Å²) in [6, 6.07) is 0. The highest BCUT2D eigenvalue weighted by atomic mass is 16.4. The molecule has 3 N–H and O–H groups in total. The Morgan fingerprint density at radius 1 is 1.40 bits per heavy atom. The molecule has 60 valence electrons. The van der Waals surface area contributed by atoms with E-state index < -0.39 is 5.97 Å². The number of carbonyl (C=O) groups is 2. The van der Waals surface area contributed by atoms with Crippen LogP contribution in [-0.2, 0) is 9.59 Å². The Hall–Kier alpha value is -1.16. The van der Waals surface area contributed by atoms with Gasteiger partial charge in [0.15, 0.2) is 0 Å². The first-order valence-electron chi connectivity index (χ1n) is 2.33. The molecule has 0 aliphatic rings. The van der Waals surface area contributed by atoms with Crippen LogP contribution in [0.5, 0.6) is 0 Å². The van der Waals surface area contributed by atoms with Gasteiger partial charge < -0.3 is 15.4 Å². The van der Waals surface area contributed by atoms with E-state index in [2.05, 4.69) is 6.58 Å². The maximum Gasteiger partial charge on any atom is 0.327 e. The second kappa shape index (κ2) is 10.8. The van der Waals surface area contributed by atoms with Crippen LogP contribution in [0.2, 0.25) is 0 Å². The molecular formula is C6H12O4. The van der Waals surface area contributed by atoms with Gasteiger partial charge >= 0.3 is 5.97 Å². The zero-order valence-corrected chi connectivity index (χ0v) is 6.05. The molecule has 0 rings (SSSR count). The van der Waals surface area contributed by atoms with Crippen molar-refractivity contribution in [2.24, 2.45) is 0 Å². The summed E-state index contributed by atoms with van der Waals surface area (Å²) in [5, 5.41) is 7.60. The first kappa shape index (κ1) is 15.9. The maximum absolute atomic E-state index is 9.44. The van der Waals surface area contributed by atoms with Crippen LogP contribution in [0.1, 0.15) is 13.8 Å². The average Bonchev–Trinajstić information content (AvgIpc) is 1.65. The first-order valence-corrected chi connectivity index (χ1v) is 2.33. The molecule has 0 aliphatic carbocycles. The number of rotatable bonds is 1. The minimum absolute atomic E-state index is 0. The number of carboxylic acids is 1. The lowest BCUT2D eigenvalue weighted by atomic mass is 10.6. The standard InChI is InChI=1S/C3H4O2.C3H6O.H2O/c1-2-3(4)5;1-3(2)4;/h2H,1H2,(H,4,5);1-2H3;1H2. The van der Waals surface area contributed by atoms with Crippen molar-refractivity contribution in [1.82, 2.24) is 0 Å². The highest BCUT2D eigenvalue weighted by Gasteiger charge is 1.73. The molecular weight excluding hydrogens is 136 g/mol. The van der Waals surface area contributed by atoms with Gasteiger partial charge in [-0.15, -0.1) is 0 Å². The maximum atomic E-state index is 9.44. The van der Waals surface area contributed by atoms with Crippen molar-refractivity contribution in [1.29, 1.82) is 0 Å². The Labute approximate surface area is 59.5 Å². The number of carboxylic acid groups (broad SMARTS) is 1. The van der Waals surface area contributed by atoms with E-state index in [1.54, 1.807) is 0 Å². The summed E-state index contributed by atoms with van der Waals surface area (Å²) in [6.07, 6.45) is 0.833. The normalized spacial score (nSPS) is 5.80. The molecule has 0 atom stereocenters. The van der Waals surface area contributed by atoms with Gasteiger partial charge in [0.2, 0.25) is 0 Å². The number of Topliss-reactive ketones (excluding diaryl/α,β-unsaturated/α-hetero) is 1. The van der Waals surface area contributed by atoms with Gasteiger partial charge in [-0.2, -0.15) is 0 Å². The Kier molecular flexibility index (Phi) is 17.1. The molecule has 0 radical (unpaired) electrons. The first-order chi connectivity index (χ1) is 4.00. The van der Waals surface area contributed by atoms with Crippen molar-refractivity contribution < 1.29 is 20.2 Å². The number of aliphatic carboxylic acids is 1. The molecule has 0 aromatic carbocycles. The molecule has 0 spiro atoms. The molecule has 0 heterocycles. The van der Waals surface area contributed by atoms with Crippen LogP contribution in [0.4, 0.5) is 0 Å². The summed E-state index contributed by atoms with van der Waals surface area (Å²) < 4.78 is 0. The molecule has 0 saturated carbocycles. The highest BCUT2D eigenvalue weighted by Crippen LogP contribution is 1.54. The van der Waals surface area contributed by atoms with Crippen molar-refractivity contribution in [2.75, 3.05) is 0 Å². The van der Waals surface area contributed by atoms with E-state index in [4.69, 9.17) is 5.11 Å². The van der Waals surface area contributed by atoms with Gasteiger partial charge in [0, 0.05) is 6.08 Å². The summed E-state index contributed by atoms with van der Waals surface area (Å²) in [7, 11) is 0. The van der Waals surface area contributed by atoms with Gasteiger partial charge in [-0.25, -0.2) is 4.79 Å². The lowest BCUT2D eigenvalue weighted by Gasteiger charge is -1.64. The smallest absolute Gasteiger partial charge is 0.327 e. The number of hydrogen-bond donors (Lipinski definition) is 1. The van der Waals surface area contributed by atoms with Gasteiger partial charge in [-0.3, -0.25) is 0 Å². The zero-order chi connectivity index (χ0) is 7.86. The third kappa shape index (κ3) is 331. The molecule has 4 nitrogen and oxygen atoms in total. The molecule has 10 heavy (non-hydrogen) atoms. The topological polar surface area (TPSA) is 85.9 Å². The predicted molar refractivity (Wildman–Crippen MR) is 37.8 cm³/mol. The van der Waals surface area contributed by atoms with E-state index in [-0.39, 0.29) is 11.3 Å². The Morgan fingerprint density at radius 2 is 1.50 bits per heavy atom. The van der Waals surface area contributed by atoms with Crippen LogP contribution in [0.25, 0.3) is 0 Å². The fraction of sp³-hybridized carbons (Fsp3) is 0.333. The summed E-state index contributed by atoms with van der Waals surface area (Å²) in [5.74, 6) is -0.815. The molecule has 4 heteroatoms. The molecule has 0 unspecified atom stereocenters. The molecule has 0 fully saturated rings. The fourth-order valence-corrected chi connectivity index (χ4v) is 0. The monoisotopic (exact) mass is 148 g/mol. The van der Waals surface area contributed by atoms with Crippen LogP contribution in [0.15, 0.2) is 12.7 Å². The zero-order valence-electron chi connectivity index (χ0n) is 6.05. The van der Waals surface area contributed by atoms with Crippen LogP contribution < -0.4 is 0 Å². The summed E-state index contributed by atoms with van der Waals surface area (Å²) in [4.78, 5) is 18.7. The van der Waals surface area contributed by atoms with Crippen molar-refractivity contribution in [2.45, 2.75) is 13.8 Å². The quantitative estimate of drug-likeness (QED) is 0.532. The molecule has 0 aliphatic heterocycles. The largest absolute Gasteiger partial charge is 0.478 e. The SMILES string of the molecule is C=CC(=O)O.CC(C)=O.O. The van der Waals surface area contributed by atoms with Crippen LogP contribution >= 0.6 is 0 Å². The summed E-state index contributed by atoms with van der Waals surface area (Å²) in [6.45, 7) is 6.02. The third-order valence-corrected chi connectivity index (χ3v) is 0.175. The van der Waals surface area contributed by atoms with Gasteiger partial charge in [0.1, 0.15) is 5.78 Å². The molecule has 0 aromatic rings. The molecule has 0 saturated heterocycles. The van der Waals surface area contributed by atoms with Crippen molar-refractivity contribution >= 4 is 11.8 Å². The Bertz CT molecular complexity index is 113. The number of carbonyl (C=O) groups excluding carboxylic acids is 1. The van der Waals surface area contributed by atoms with Crippen LogP contribution in [0, 0.1) is 0 Å². The van der Waals surface area contributed by atoms with Gasteiger partial charge in [-0.1, -0.05) is 6.58 Å². The van der Waals surface area contributed by atoms with E-state index in [1.807, 2.05) is 0 Å². The summed E-state index contributed by atoms with van der Waals surface area (Å²) >= 11 is 0. The van der Waals surface area contributed by atoms with E-state index in [0.717, 1.165) is 6.08 Å². The number of hydrogen-bond acceptors (Lipinski definition) is 2. The second-order valence-corrected chi connectivity index (χ2v) is 1.45. The lowest BCUT2D eigenvalue weighted by molar-refractivity contribution is -0.131. The van der Waals surface area contributed by atoms with Gasteiger partial charge in [-0.05, 0) is 13.8 Å². The minimum atomic E-state index is -0.981. The lowest BCUT2D eigenvalue weighted by Crippen LogP contribution is -1.82. The summed E-state index contributed by atoms with van der Waals surface area (Å²) in [5.41, 5.74) is 0. The van der Waals surface area contributed by atoms with Crippen LogP contribution in [0.3, 0.4) is 0 Å². The van der Waals surface area contributed by atoms with Crippen molar-refractivity contribution in [3.05, 3.63) is 12.7 Å². The second-order valence-electron chi connectivity index (χ2n) is 1.45. The van der Waals surface area contributed by atoms with E-state index in [9.17, 15) is 9.59 Å². The Balaban J connectivity index is -0.0000000910. The van der Waals surface area contributed by atoms with E-state index >= 15 is 0 Å². The highest BCUT2D eigenvalue weighted by molar-refractivity contribution is 5.78. The Morgan fingerprint density at radius 3 is 1.50 bits per heavy atom. The van der Waals surface area contributed by atoms with Crippen molar-refractivity contribution in [3.63, 3.8) is 0 Å². The van der Waals surface area contributed by atoms with Gasteiger partial charge in [0.05, 0.1) is 0 Å². The van der Waals surface area contributed by atoms with Crippen molar-refractivity contribution in [3.8, 4) is 0 Å². The van der Waals surface area contributed by atoms with E-state index in [1.165, 1.54) is 13.8 Å². The van der Waals surface area contributed by atoms with Gasteiger partial charge in [0.25, 0.3) is 0 Å². The molecule has 0 bridgehead atoms. The third-order valence-electron chi connectivity index (χ3n) is 0.175. The van der Waals surface area contributed by atoms with E-state index in [0.29, 0.717) is 0 Å². The average molecular weight is 148 g/mol. The molecule has 0 amide bonds. The van der Waals surface area contributed by atoms with Crippen LogP contribution in [-0.4, -0.2) is 22.3 Å². The molecule has 0 aromatic heterocycles. The fourth-order valence-electron chi connectivity index (χ4n) is 0. The number of ketones is 1. The predicted octanol–water partition coefficient (Wildman–Crippen LogP) is 0.0276.